The van der Waals surface area contributed by atoms with Gasteiger partial charge in [-0.15, -0.1) is 0 Å². The molecule has 1 amide bonds. The molecule has 0 aliphatic carbocycles. The highest BCUT2D eigenvalue weighted by molar-refractivity contribution is 7.22. The lowest BCUT2D eigenvalue weighted by atomic mass is 10.1. The van der Waals surface area contributed by atoms with Crippen LogP contribution in [0.25, 0.3) is 10.2 Å². The van der Waals surface area contributed by atoms with Gasteiger partial charge in [0.25, 0.3) is 5.91 Å². The van der Waals surface area contributed by atoms with Gasteiger partial charge in [-0.1, -0.05) is 67.5 Å². The molecule has 0 saturated carbocycles. The number of carbonyl (C=O) groups is 1. The number of amides is 1. The molecule has 0 spiro atoms. The number of anilines is 1. The number of carbonyl (C=O) groups excluding carboxylic acids is 1. The second kappa shape index (κ2) is 11.2. The average Bonchev–Trinajstić information content (AvgIpc) is 3.32. The maximum Gasteiger partial charge on any atom is 0.260 e. The summed E-state index contributed by atoms with van der Waals surface area (Å²) in [6.45, 7) is 5.33. The van der Waals surface area contributed by atoms with Crippen molar-refractivity contribution in [1.82, 2.24) is 4.98 Å². The third-order valence-electron chi connectivity index (χ3n) is 5.69. The highest BCUT2D eigenvalue weighted by Crippen LogP contribution is 2.37. The van der Waals surface area contributed by atoms with Gasteiger partial charge in [-0.25, -0.2) is 4.98 Å². The molecule has 34 heavy (non-hydrogen) atoms. The summed E-state index contributed by atoms with van der Waals surface area (Å²) < 4.78 is 12.4. The largest absolute Gasteiger partial charge is 0.494 e. The molecule has 4 aromatic rings. The Hall–Kier alpha value is -3.38. The van der Waals surface area contributed by atoms with Crippen molar-refractivity contribution < 1.29 is 14.3 Å². The molecular weight excluding hydrogens is 444 g/mol. The van der Waals surface area contributed by atoms with Crippen LogP contribution < -0.4 is 14.4 Å². The van der Waals surface area contributed by atoms with E-state index in [4.69, 9.17) is 14.5 Å². The van der Waals surface area contributed by atoms with Crippen molar-refractivity contribution in [3.63, 3.8) is 0 Å². The number of ether oxygens (including phenoxy) is 2. The second-order valence-corrected chi connectivity index (χ2v) is 9.19. The molecule has 0 aliphatic rings. The molecule has 1 aromatic heterocycles. The van der Waals surface area contributed by atoms with Gasteiger partial charge in [-0.2, -0.15) is 0 Å². The number of fused-ring (bicyclic) bond motifs is 1. The molecule has 5 nitrogen and oxygen atoms in total. The van der Waals surface area contributed by atoms with E-state index in [2.05, 4.69) is 6.92 Å². The van der Waals surface area contributed by atoms with E-state index >= 15 is 0 Å². The number of nitrogens with zero attached hydrogens (tertiary/aromatic N) is 2. The quantitative estimate of drug-likeness (QED) is 0.232. The molecule has 0 fully saturated rings. The van der Waals surface area contributed by atoms with Gasteiger partial charge in [0.15, 0.2) is 5.13 Å². The van der Waals surface area contributed by atoms with Crippen LogP contribution in [0.1, 0.15) is 47.7 Å². The highest BCUT2D eigenvalue weighted by atomic mass is 32.1. The van der Waals surface area contributed by atoms with Gasteiger partial charge in [-0.3, -0.25) is 9.69 Å². The van der Waals surface area contributed by atoms with Crippen LogP contribution in [0.2, 0.25) is 0 Å². The van der Waals surface area contributed by atoms with Gasteiger partial charge in [-0.05, 0) is 54.8 Å². The maximum absolute atomic E-state index is 13.7. The summed E-state index contributed by atoms with van der Waals surface area (Å²) in [5, 5.41) is 0.649. The van der Waals surface area contributed by atoms with E-state index in [-0.39, 0.29) is 5.91 Å². The standard InChI is InChI=1S/C28H30N2O3S/c1-4-5-9-18-33-23-15-13-22(14-16-23)27(31)30(19-21-10-7-6-8-11-21)28-29-25-24(32-3)17-12-20(2)26(25)34-28/h6-8,10-17H,4-5,9,18-19H2,1-3H3. The summed E-state index contributed by atoms with van der Waals surface area (Å²) in [5.74, 6) is 1.39. The molecule has 4 rings (SSSR count). The van der Waals surface area contributed by atoms with Gasteiger partial charge in [0, 0.05) is 5.56 Å². The van der Waals surface area contributed by atoms with E-state index in [1.807, 2.05) is 73.7 Å². The van der Waals surface area contributed by atoms with E-state index in [1.54, 1.807) is 12.0 Å². The van der Waals surface area contributed by atoms with Crippen LogP contribution in [0.5, 0.6) is 11.5 Å². The fourth-order valence-corrected chi connectivity index (χ4v) is 4.81. The van der Waals surface area contributed by atoms with Crippen molar-refractivity contribution in [2.75, 3.05) is 18.6 Å². The topological polar surface area (TPSA) is 51.7 Å². The molecule has 0 radical (unpaired) electrons. The number of hydrogen-bond acceptors (Lipinski definition) is 5. The molecular formula is C28H30N2O3S. The van der Waals surface area contributed by atoms with Crippen LogP contribution in [-0.4, -0.2) is 24.6 Å². The Morgan fingerprint density at radius 2 is 1.76 bits per heavy atom. The van der Waals surface area contributed by atoms with Crippen LogP contribution in [0, 0.1) is 6.92 Å². The highest BCUT2D eigenvalue weighted by Gasteiger charge is 2.23. The molecule has 6 heteroatoms. The van der Waals surface area contributed by atoms with Crippen LogP contribution >= 0.6 is 11.3 Å². The Kier molecular flexibility index (Phi) is 7.80. The van der Waals surface area contributed by atoms with Crippen molar-refractivity contribution in [3.8, 4) is 11.5 Å². The zero-order chi connectivity index (χ0) is 23.9. The third-order valence-corrected chi connectivity index (χ3v) is 6.90. The predicted molar refractivity (Wildman–Crippen MR) is 139 cm³/mol. The number of aromatic nitrogens is 1. The summed E-state index contributed by atoms with van der Waals surface area (Å²) >= 11 is 1.51. The smallest absolute Gasteiger partial charge is 0.260 e. The predicted octanol–water partition coefficient (Wildman–Crippen LogP) is 7.03. The molecule has 0 unspecified atom stereocenters. The first kappa shape index (κ1) is 23.8. The van der Waals surface area contributed by atoms with E-state index in [9.17, 15) is 4.79 Å². The summed E-state index contributed by atoms with van der Waals surface area (Å²) in [4.78, 5) is 20.3. The second-order valence-electron chi connectivity index (χ2n) is 8.22. The zero-order valence-electron chi connectivity index (χ0n) is 19.9. The molecule has 0 bridgehead atoms. The van der Waals surface area contributed by atoms with Gasteiger partial charge < -0.3 is 9.47 Å². The van der Waals surface area contributed by atoms with E-state index < -0.39 is 0 Å². The molecule has 0 saturated heterocycles. The number of methoxy groups -OCH3 is 1. The molecule has 0 atom stereocenters. The number of rotatable bonds is 10. The van der Waals surface area contributed by atoms with Crippen LogP contribution in [0.15, 0.2) is 66.7 Å². The van der Waals surface area contributed by atoms with Gasteiger partial charge in [0.1, 0.15) is 17.0 Å². The number of hydrogen-bond donors (Lipinski definition) is 0. The third kappa shape index (κ3) is 5.39. The maximum atomic E-state index is 13.7. The minimum absolute atomic E-state index is 0.0999. The minimum Gasteiger partial charge on any atom is -0.494 e. The van der Waals surface area contributed by atoms with E-state index in [0.717, 1.165) is 46.4 Å². The van der Waals surface area contributed by atoms with Crippen molar-refractivity contribution in [1.29, 1.82) is 0 Å². The lowest BCUT2D eigenvalue weighted by Gasteiger charge is -2.20. The van der Waals surface area contributed by atoms with E-state index in [1.165, 1.54) is 11.3 Å². The lowest BCUT2D eigenvalue weighted by molar-refractivity contribution is 0.0985. The Labute approximate surface area is 205 Å². The summed E-state index contributed by atoms with van der Waals surface area (Å²) in [6, 6.07) is 21.3. The first-order valence-corrected chi connectivity index (χ1v) is 12.4. The first-order chi connectivity index (χ1) is 16.6. The van der Waals surface area contributed by atoms with Gasteiger partial charge in [0.2, 0.25) is 0 Å². The van der Waals surface area contributed by atoms with Crippen molar-refractivity contribution in [2.45, 2.75) is 39.7 Å². The Balaban J connectivity index is 1.65. The fourth-order valence-electron chi connectivity index (χ4n) is 3.76. The number of aryl methyl sites for hydroxylation is 1. The number of unbranched alkanes of at least 4 members (excludes halogenated alkanes) is 2. The molecule has 3 aromatic carbocycles. The first-order valence-electron chi connectivity index (χ1n) is 11.6. The summed E-state index contributed by atoms with van der Waals surface area (Å²) in [7, 11) is 1.64. The Morgan fingerprint density at radius 3 is 2.47 bits per heavy atom. The lowest BCUT2D eigenvalue weighted by Crippen LogP contribution is -2.30. The minimum atomic E-state index is -0.0999. The molecule has 0 aliphatic heterocycles. The SMILES string of the molecule is CCCCCOc1ccc(C(=O)N(Cc2ccccc2)c2nc3c(OC)ccc(C)c3s2)cc1. The van der Waals surface area contributed by atoms with Crippen LogP contribution in [0.4, 0.5) is 5.13 Å². The summed E-state index contributed by atoms with van der Waals surface area (Å²) in [5.41, 5.74) is 3.52. The number of thiazole rings is 1. The van der Waals surface area contributed by atoms with Crippen molar-refractivity contribution >= 4 is 32.6 Å². The van der Waals surface area contributed by atoms with Crippen molar-refractivity contribution in [3.05, 3.63) is 83.4 Å². The molecule has 0 N–H and O–H groups in total. The average molecular weight is 475 g/mol. The zero-order valence-corrected chi connectivity index (χ0v) is 20.7. The van der Waals surface area contributed by atoms with Crippen molar-refractivity contribution in [2.24, 2.45) is 0 Å². The monoisotopic (exact) mass is 474 g/mol. The van der Waals surface area contributed by atoms with E-state index in [0.29, 0.717) is 29.6 Å². The Bertz CT molecular complexity index is 1240. The van der Waals surface area contributed by atoms with Gasteiger partial charge >= 0.3 is 0 Å². The summed E-state index contributed by atoms with van der Waals surface area (Å²) in [6.07, 6.45) is 3.34. The van der Waals surface area contributed by atoms with Gasteiger partial charge in [0.05, 0.1) is 25.0 Å². The molecule has 176 valence electrons. The Morgan fingerprint density at radius 1 is 1.00 bits per heavy atom. The number of benzene rings is 3. The van der Waals surface area contributed by atoms with Crippen LogP contribution in [-0.2, 0) is 6.54 Å². The fraction of sp³-hybridized carbons (Fsp3) is 0.286. The van der Waals surface area contributed by atoms with Crippen LogP contribution in [0.3, 0.4) is 0 Å². The normalized spacial score (nSPS) is 10.9. The molecule has 1 heterocycles.